The van der Waals surface area contributed by atoms with Crippen LogP contribution in [-0.2, 0) is 9.53 Å². The van der Waals surface area contributed by atoms with E-state index in [4.69, 9.17) is 9.47 Å². The first kappa shape index (κ1) is 13.7. The second-order valence-corrected chi connectivity index (χ2v) is 5.16. The summed E-state index contributed by atoms with van der Waals surface area (Å²) in [5.41, 5.74) is 0.884. The van der Waals surface area contributed by atoms with Gasteiger partial charge in [0.1, 0.15) is 11.6 Å². The lowest BCUT2D eigenvalue weighted by Crippen LogP contribution is -2.37. The molecule has 112 valence electrons. The predicted octanol–water partition coefficient (Wildman–Crippen LogP) is 2.21. The minimum atomic E-state index is -0.228. The molecule has 2 aromatic rings. The van der Waals surface area contributed by atoms with Gasteiger partial charge in [0, 0.05) is 11.9 Å². The van der Waals surface area contributed by atoms with Gasteiger partial charge in [-0.05, 0) is 32.0 Å². The Bertz CT molecular complexity index is 680. The Morgan fingerprint density at radius 1 is 1.52 bits per heavy atom. The highest BCUT2D eigenvalue weighted by molar-refractivity contribution is 5.92. The fraction of sp³-hybridized carbons (Fsp3) is 0.467. The van der Waals surface area contributed by atoms with Crippen molar-refractivity contribution in [3.05, 3.63) is 18.2 Å². The van der Waals surface area contributed by atoms with Gasteiger partial charge in [0.25, 0.3) is 0 Å². The average molecular weight is 289 g/mol. The number of benzene rings is 1. The predicted molar refractivity (Wildman–Crippen MR) is 79.6 cm³/mol. The second-order valence-electron chi connectivity index (χ2n) is 5.16. The second kappa shape index (κ2) is 5.27. The number of anilines is 1. The van der Waals surface area contributed by atoms with Crippen LogP contribution in [0.25, 0.3) is 10.9 Å². The van der Waals surface area contributed by atoms with Crippen molar-refractivity contribution < 1.29 is 14.3 Å². The van der Waals surface area contributed by atoms with Gasteiger partial charge in [0.2, 0.25) is 0 Å². The molecule has 1 aromatic heterocycles. The number of hydrogen-bond acceptors (Lipinski definition) is 5. The van der Waals surface area contributed by atoms with E-state index in [0.717, 1.165) is 22.5 Å². The lowest BCUT2D eigenvalue weighted by atomic mass is 9.99. The Labute approximate surface area is 123 Å². The van der Waals surface area contributed by atoms with Gasteiger partial charge in [0.05, 0.1) is 31.2 Å². The first-order valence-corrected chi connectivity index (χ1v) is 7.12. The first-order chi connectivity index (χ1) is 10.2. The zero-order valence-electron chi connectivity index (χ0n) is 12.4. The van der Waals surface area contributed by atoms with Gasteiger partial charge < -0.3 is 14.8 Å². The van der Waals surface area contributed by atoms with Crippen LogP contribution in [0.3, 0.4) is 0 Å². The number of carbonyl (C=O) groups excluding carboxylic acids is 1. The smallest absolute Gasteiger partial charge is 0.312 e. The molecule has 1 aliphatic rings. The first-order valence-electron chi connectivity index (χ1n) is 7.12. The largest absolute Gasteiger partial charge is 0.497 e. The van der Waals surface area contributed by atoms with Gasteiger partial charge in [-0.25, -0.2) is 4.68 Å². The number of rotatable bonds is 3. The lowest BCUT2D eigenvalue weighted by molar-refractivity contribution is -0.149. The van der Waals surface area contributed by atoms with Crippen molar-refractivity contribution in [1.29, 1.82) is 0 Å². The Balaban J connectivity index is 2.00. The maximum atomic E-state index is 12.0. The van der Waals surface area contributed by atoms with Crippen molar-refractivity contribution >= 4 is 22.7 Å². The molecule has 3 rings (SSSR count). The van der Waals surface area contributed by atoms with Crippen molar-refractivity contribution in [2.45, 2.75) is 19.9 Å². The number of methoxy groups -OCH3 is 1. The summed E-state index contributed by atoms with van der Waals surface area (Å²) < 4.78 is 12.3. The van der Waals surface area contributed by atoms with Crippen LogP contribution in [0.15, 0.2) is 18.2 Å². The molecule has 21 heavy (non-hydrogen) atoms. The summed E-state index contributed by atoms with van der Waals surface area (Å²) in [6, 6.07) is 5.72. The van der Waals surface area contributed by atoms with E-state index >= 15 is 0 Å². The van der Waals surface area contributed by atoms with Crippen LogP contribution in [0.1, 0.15) is 19.9 Å². The van der Waals surface area contributed by atoms with E-state index in [1.54, 1.807) is 7.11 Å². The summed E-state index contributed by atoms with van der Waals surface area (Å²) >= 11 is 0. The molecule has 2 unspecified atom stereocenters. The van der Waals surface area contributed by atoms with Crippen LogP contribution < -0.4 is 10.1 Å². The van der Waals surface area contributed by atoms with E-state index in [9.17, 15) is 4.79 Å². The number of hydrogen-bond donors (Lipinski definition) is 1. The van der Waals surface area contributed by atoms with Crippen LogP contribution in [-0.4, -0.2) is 36.0 Å². The lowest BCUT2D eigenvalue weighted by Gasteiger charge is -2.29. The number of fused-ring (bicyclic) bond motifs is 3. The van der Waals surface area contributed by atoms with Gasteiger partial charge >= 0.3 is 5.97 Å². The van der Waals surface area contributed by atoms with Crippen molar-refractivity contribution in [3.8, 4) is 5.75 Å². The molecular formula is C15H19N3O3. The molecule has 0 aliphatic carbocycles. The molecule has 0 spiro atoms. The molecule has 0 saturated heterocycles. The highest BCUT2D eigenvalue weighted by Gasteiger charge is 2.34. The summed E-state index contributed by atoms with van der Waals surface area (Å²) in [5.74, 6) is 1.31. The van der Waals surface area contributed by atoms with Crippen LogP contribution in [0.4, 0.5) is 5.82 Å². The van der Waals surface area contributed by atoms with E-state index in [1.165, 1.54) is 0 Å². The van der Waals surface area contributed by atoms with Gasteiger partial charge in [-0.1, -0.05) is 0 Å². The molecule has 6 nitrogen and oxygen atoms in total. The van der Waals surface area contributed by atoms with Crippen LogP contribution >= 0.6 is 0 Å². The number of carbonyl (C=O) groups is 1. The minimum absolute atomic E-state index is 0.0429. The van der Waals surface area contributed by atoms with E-state index in [1.807, 2.05) is 36.7 Å². The summed E-state index contributed by atoms with van der Waals surface area (Å²) in [6.07, 6.45) is 0. The van der Waals surface area contributed by atoms with Crippen LogP contribution in [0.5, 0.6) is 5.75 Å². The molecule has 2 atom stereocenters. The maximum absolute atomic E-state index is 12.0. The third-order valence-electron chi connectivity index (χ3n) is 3.95. The number of nitrogens with one attached hydrogen (secondary N) is 1. The summed E-state index contributed by atoms with van der Waals surface area (Å²) in [5, 5.41) is 8.90. The molecule has 1 aromatic carbocycles. The fourth-order valence-electron chi connectivity index (χ4n) is 2.76. The Morgan fingerprint density at radius 3 is 3.05 bits per heavy atom. The quantitative estimate of drug-likeness (QED) is 0.878. The third-order valence-corrected chi connectivity index (χ3v) is 3.95. The molecule has 6 heteroatoms. The Morgan fingerprint density at radius 2 is 2.33 bits per heavy atom. The SMILES string of the molecule is CCOC(=O)C1CNc2c3cc(OC)ccc3nn2C1C. The van der Waals surface area contributed by atoms with Crippen molar-refractivity contribution in [2.75, 3.05) is 25.6 Å². The normalized spacial score (nSPS) is 20.7. The van der Waals surface area contributed by atoms with Crippen molar-refractivity contribution in [3.63, 3.8) is 0 Å². The molecule has 2 heterocycles. The monoisotopic (exact) mass is 289 g/mol. The topological polar surface area (TPSA) is 65.4 Å². The number of aromatic nitrogens is 2. The molecule has 0 radical (unpaired) electrons. The molecule has 1 N–H and O–H groups in total. The molecule has 1 aliphatic heterocycles. The minimum Gasteiger partial charge on any atom is -0.497 e. The van der Waals surface area contributed by atoms with E-state index in [-0.39, 0.29) is 17.9 Å². The molecule has 0 bridgehead atoms. The van der Waals surface area contributed by atoms with Crippen LogP contribution in [0, 0.1) is 5.92 Å². The van der Waals surface area contributed by atoms with Gasteiger partial charge in [-0.15, -0.1) is 0 Å². The Hall–Kier alpha value is -2.24. The maximum Gasteiger partial charge on any atom is 0.312 e. The summed E-state index contributed by atoms with van der Waals surface area (Å²) in [4.78, 5) is 12.0. The third kappa shape index (κ3) is 2.20. The van der Waals surface area contributed by atoms with Crippen LogP contribution in [0.2, 0.25) is 0 Å². The summed E-state index contributed by atoms with van der Waals surface area (Å²) in [6.45, 7) is 4.76. The van der Waals surface area contributed by atoms with Gasteiger partial charge in [-0.2, -0.15) is 5.10 Å². The fourth-order valence-corrected chi connectivity index (χ4v) is 2.76. The van der Waals surface area contributed by atoms with Gasteiger partial charge in [-0.3, -0.25) is 4.79 Å². The van der Waals surface area contributed by atoms with E-state index in [0.29, 0.717) is 13.2 Å². The van der Waals surface area contributed by atoms with E-state index < -0.39 is 0 Å². The zero-order valence-corrected chi connectivity index (χ0v) is 12.4. The summed E-state index contributed by atoms with van der Waals surface area (Å²) in [7, 11) is 1.64. The van der Waals surface area contributed by atoms with Crippen molar-refractivity contribution in [2.24, 2.45) is 5.92 Å². The number of esters is 1. The van der Waals surface area contributed by atoms with E-state index in [2.05, 4.69) is 10.4 Å². The standard InChI is InChI=1S/C15H19N3O3/c1-4-21-15(19)12-8-16-14-11-7-10(20-3)5-6-13(11)17-18(14)9(12)2/h5-7,9,12,16H,4,8H2,1-3H3. The highest BCUT2D eigenvalue weighted by atomic mass is 16.5. The Kier molecular flexibility index (Phi) is 3.45. The number of ether oxygens (including phenoxy) is 2. The molecule has 0 saturated carbocycles. The average Bonchev–Trinajstić information content (AvgIpc) is 2.86. The highest BCUT2D eigenvalue weighted by Crippen LogP contribution is 2.35. The molecule has 0 fully saturated rings. The number of nitrogens with zero attached hydrogens (tertiary/aromatic N) is 2. The molecule has 0 amide bonds. The van der Waals surface area contributed by atoms with Gasteiger partial charge in [0.15, 0.2) is 0 Å². The van der Waals surface area contributed by atoms with Crippen molar-refractivity contribution in [1.82, 2.24) is 9.78 Å². The molecular weight excluding hydrogens is 270 g/mol. The zero-order chi connectivity index (χ0) is 15.0.